The van der Waals surface area contributed by atoms with Gasteiger partial charge in [0.05, 0.1) is 19.2 Å². The van der Waals surface area contributed by atoms with Crippen molar-refractivity contribution in [3.05, 3.63) is 53.5 Å². The number of methoxy groups -OCH3 is 1. The first-order valence-corrected chi connectivity index (χ1v) is 7.32. The fourth-order valence-corrected chi connectivity index (χ4v) is 1.79. The molecule has 4 N–H and O–H groups in total. The molecule has 0 atom stereocenters. The van der Waals surface area contributed by atoms with Gasteiger partial charge >= 0.3 is 0 Å². The summed E-state index contributed by atoms with van der Waals surface area (Å²) < 4.78 is 18.8. The molecular formula is C17H18FN5O3. The van der Waals surface area contributed by atoms with E-state index in [0.29, 0.717) is 17.1 Å². The van der Waals surface area contributed by atoms with Gasteiger partial charge in [0, 0.05) is 6.92 Å². The van der Waals surface area contributed by atoms with Crippen LogP contribution in [0.3, 0.4) is 0 Å². The number of guanidine groups is 1. The van der Waals surface area contributed by atoms with E-state index >= 15 is 0 Å². The van der Waals surface area contributed by atoms with Crippen LogP contribution in [0.1, 0.15) is 18.2 Å². The molecule has 0 unspecified atom stereocenters. The molecular weight excluding hydrogens is 341 g/mol. The van der Waals surface area contributed by atoms with E-state index in [-0.39, 0.29) is 18.2 Å². The molecule has 0 bridgehead atoms. The van der Waals surface area contributed by atoms with Crippen molar-refractivity contribution in [2.45, 2.75) is 13.5 Å². The largest absolute Gasteiger partial charge is 0.496 e. The minimum absolute atomic E-state index is 0.0205. The van der Waals surface area contributed by atoms with Crippen molar-refractivity contribution < 1.29 is 19.0 Å². The van der Waals surface area contributed by atoms with E-state index < -0.39 is 11.8 Å². The summed E-state index contributed by atoms with van der Waals surface area (Å²) in [5, 5.41) is 18.9. The normalized spacial score (nSPS) is 10.2. The Morgan fingerprint density at radius 1 is 1.42 bits per heavy atom. The number of nitrogens with zero attached hydrogens (tertiary/aromatic N) is 3. The lowest BCUT2D eigenvalue weighted by atomic mass is 10.2. The second kappa shape index (κ2) is 10.2. The number of rotatable bonds is 4. The molecule has 0 fully saturated rings. The molecule has 0 aliphatic rings. The number of hydrogen-bond acceptors (Lipinski definition) is 5. The van der Waals surface area contributed by atoms with Crippen LogP contribution in [-0.4, -0.2) is 29.1 Å². The molecule has 1 aromatic carbocycles. The lowest BCUT2D eigenvalue weighted by molar-refractivity contribution is -0.134. The first kappa shape index (κ1) is 20.4. The summed E-state index contributed by atoms with van der Waals surface area (Å²) in [7, 11) is 1.46. The average molecular weight is 359 g/mol. The first-order valence-electron chi connectivity index (χ1n) is 7.32. The van der Waals surface area contributed by atoms with Crippen LogP contribution in [0.25, 0.3) is 0 Å². The van der Waals surface area contributed by atoms with Crippen molar-refractivity contribution in [3.8, 4) is 11.8 Å². The van der Waals surface area contributed by atoms with Crippen LogP contribution < -0.4 is 15.8 Å². The Balaban J connectivity index is 0.000000765. The minimum Gasteiger partial charge on any atom is -0.496 e. The van der Waals surface area contributed by atoms with Crippen LogP contribution in [0.2, 0.25) is 0 Å². The molecule has 26 heavy (non-hydrogen) atoms. The second-order valence-corrected chi connectivity index (χ2v) is 4.79. The third-order valence-electron chi connectivity index (χ3n) is 2.82. The molecule has 2 rings (SSSR count). The number of aliphatic imine (C=N–C) groups is 1. The van der Waals surface area contributed by atoms with Crippen LogP contribution in [-0.2, 0) is 11.3 Å². The fourth-order valence-electron chi connectivity index (χ4n) is 1.79. The maximum atomic E-state index is 13.8. The highest BCUT2D eigenvalue weighted by molar-refractivity contribution is 5.91. The van der Waals surface area contributed by atoms with Gasteiger partial charge < -0.3 is 20.9 Å². The van der Waals surface area contributed by atoms with Crippen molar-refractivity contribution in [3.63, 3.8) is 0 Å². The Morgan fingerprint density at radius 3 is 2.69 bits per heavy atom. The van der Waals surface area contributed by atoms with Crippen molar-refractivity contribution in [2.24, 2.45) is 10.7 Å². The number of nitriles is 1. The molecule has 9 heteroatoms. The summed E-state index contributed by atoms with van der Waals surface area (Å²) in [6, 6.07) is 11.3. The van der Waals surface area contributed by atoms with Gasteiger partial charge in [-0.15, -0.1) is 0 Å². The van der Waals surface area contributed by atoms with Gasteiger partial charge in [0.15, 0.2) is 5.96 Å². The molecule has 8 nitrogen and oxygen atoms in total. The van der Waals surface area contributed by atoms with E-state index in [1.807, 2.05) is 6.07 Å². The monoisotopic (exact) mass is 359 g/mol. The number of pyridine rings is 1. The number of benzene rings is 1. The summed E-state index contributed by atoms with van der Waals surface area (Å²) in [5.41, 5.74) is 6.31. The predicted molar refractivity (Wildman–Crippen MR) is 94.2 cm³/mol. The standard InChI is InChI=1S/C15H14FN5O.C2H4O2/c1-22-13-6-3-5-12(16)11(13)9-19-15(18)21-14-7-2-4-10(8-17)20-14;1-2(3)4/h2-7H,9H2,1H3,(H3,18,19,20,21);1H3,(H,3,4). The quantitative estimate of drug-likeness (QED) is 0.562. The predicted octanol–water partition coefficient (Wildman–Crippen LogP) is 2.12. The Labute approximate surface area is 149 Å². The number of hydrogen-bond donors (Lipinski definition) is 3. The van der Waals surface area contributed by atoms with Crippen LogP contribution >= 0.6 is 0 Å². The van der Waals surface area contributed by atoms with Gasteiger partial charge in [0.25, 0.3) is 5.97 Å². The van der Waals surface area contributed by atoms with Crippen molar-refractivity contribution in [2.75, 3.05) is 12.4 Å². The van der Waals surface area contributed by atoms with Gasteiger partial charge in [-0.25, -0.2) is 14.4 Å². The molecule has 1 aromatic heterocycles. The molecule has 0 saturated carbocycles. The van der Waals surface area contributed by atoms with E-state index in [1.165, 1.54) is 13.2 Å². The summed E-state index contributed by atoms with van der Waals surface area (Å²) >= 11 is 0. The van der Waals surface area contributed by atoms with Crippen LogP contribution in [0, 0.1) is 17.1 Å². The highest BCUT2D eigenvalue weighted by atomic mass is 19.1. The number of anilines is 1. The average Bonchev–Trinajstić information content (AvgIpc) is 2.60. The number of ether oxygens (including phenoxy) is 1. The van der Waals surface area contributed by atoms with Crippen LogP contribution in [0.15, 0.2) is 41.4 Å². The number of carboxylic acids is 1. The molecule has 0 aliphatic heterocycles. The Hall–Kier alpha value is -3.67. The zero-order chi connectivity index (χ0) is 19.5. The van der Waals surface area contributed by atoms with E-state index in [1.54, 1.807) is 30.3 Å². The van der Waals surface area contributed by atoms with Crippen molar-refractivity contribution in [1.82, 2.24) is 4.98 Å². The molecule has 0 spiro atoms. The number of aromatic nitrogens is 1. The zero-order valence-electron chi connectivity index (χ0n) is 14.2. The van der Waals surface area contributed by atoms with Gasteiger partial charge in [-0.2, -0.15) is 5.26 Å². The van der Waals surface area contributed by atoms with E-state index in [2.05, 4.69) is 15.3 Å². The molecule has 2 aromatic rings. The lowest BCUT2D eigenvalue weighted by Crippen LogP contribution is -2.23. The number of aliphatic carboxylic acids is 1. The Kier molecular flexibility index (Phi) is 8.03. The second-order valence-electron chi connectivity index (χ2n) is 4.79. The lowest BCUT2D eigenvalue weighted by Gasteiger charge is -2.08. The van der Waals surface area contributed by atoms with Crippen molar-refractivity contribution >= 4 is 17.7 Å². The molecule has 0 amide bonds. The fraction of sp³-hybridized carbons (Fsp3) is 0.176. The highest BCUT2D eigenvalue weighted by Crippen LogP contribution is 2.21. The summed E-state index contributed by atoms with van der Waals surface area (Å²) in [4.78, 5) is 17.1. The SMILES string of the molecule is CC(=O)O.COc1cccc(F)c1CN=C(N)Nc1cccc(C#N)n1. The van der Waals surface area contributed by atoms with Gasteiger partial charge in [0.1, 0.15) is 29.1 Å². The number of carboxylic acid groups (broad SMARTS) is 1. The summed E-state index contributed by atoms with van der Waals surface area (Å²) in [6.45, 7) is 1.10. The maximum absolute atomic E-state index is 13.8. The minimum atomic E-state index is -0.833. The summed E-state index contributed by atoms with van der Waals surface area (Å²) in [5.74, 6) is -0.393. The van der Waals surface area contributed by atoms with Gasteiger partial charge in [-0.05, 0) is 24.3 Å². The van der Waals surface area contributed by atoms with Gasteiger partial charge in [-0.1, -0.05) is 12.1 Å². The van der Waals surface area contributed by atoms with Gasteiger partial charge in [0.2, 0.25) is 0 Å². The maximum Gasteiger partial charge on any atom is 0.300 e. The topological polar surface area (TPSA) is 134 Å². The van der Waals surface area contributed by atoms with E-state index in [9.17, 15) is 4.39 Å². The Morgan fingerprint density at radius 2 is 2.08 bits per heavy atom. The molecule has 0 saturated heterocycles. The van der Waals surface area contributed by atoms with Crippen LogP contribution in [0.4, 0.5) is 10.2 Å². The summed E-state index contributed by atoms with van der Waals surface area (Å²) in [6.07, 6.45) is 0. The number of nitrogens with one attached hydrogen (secondary N) is 1. The third kappa shape index (κ3) is 6.84. The van der Waals surface area contributed by atoms with Crippen LogP contribution in [0.5, 0.6) is 5.75 Å². The molecule has 1 heterocycles. The van der Waals surface area contributed by atoms with E-state index in [0.717, 1.165) is 6.92 Å². The third-order valence-corrected chi connectivity index (χ3v) is 2.82. The van der Waals surface area contributed by atoms with Crippen molar-refractivity contribution in [1.29, 1.82) is 5.26 Å². The molecule has 136 valence electrons. The highest BCUT2D eigenvalue weighted by Gasteiger charge is 2.08. The zero-order valence-corrected chi connectivity index (χ0v) is 14.2. The number of carbonyl (C=O) groups is 1. The number of halogens is 1. The van der Waals surface area contributed by atoms with Gasteiger partial charge in [-0.3, -0.25) is 4.79 Å². The Bertz CT molecular complexity index is 829. The van der Waals surface area contributed by atoms with E-state index in [4.69, 9.17) is 25.6 Å². The first-order chi connectivity index (χ1) is 12.4. The molecule has 0 radical (unpaired) electrons. The molecule has 0 aliphatic carbocycles. The number of nitrogens with two attached hydrogens (primary N) is 1. The smallest absolute Gasteiger partial charge is 0.300 e.